The number of benzene rings is 1. The molecule has 0 saturated heterocycles. The van der Waals surface area contributed by atoms with Gasteiger partial charge in [-0.3, -0.25) is 0 Å². The van der Waals surface area contributed by atoms with Crippen LogP contribution < -0.4 is 4.72 Å². The number of nitrogens with one attached hydrogen (secondary N) is 1. The van der Waals surface area contributed by atoms with Crippen LogP contribution in [0.25, 0.3) is 0 Å². The fraction of sp³-hybridized carbons (Fsp3) is 0.286. The van der Waals surface area contributed by atoms with E-state index in [9.17, 15) is 8.42 Å². The molecule has 2 rings (SSSR count). The van der Waals surface area contributed by atoms with Crippen molar-refractivity contribution in [3.8, 4) is 0 Å². The molecule has 0 aliphatic carbocycles. The Morgan fingerprint density at radius 2 is 1.80 bits per heavy atom. The summed E-state index contributed by atoms with van der Waals surface area (Å²) in [4.78, 5) is 0.295. The fourth-order valence-electron chi connectivity index (χ4n) is 1.87. The van der Waals surface area contributed by atoms with Gasteiger partial charge >= 0.3 is 0 Å². The van der Waals surface area contributed by atoms with Gasteiger partial charge in [-0.25, -0.2) is 13.1 Å². The highest BCUT2D eigenvalue weighted by atomic mass is 32.2. The zero-order chi connectivity index (χ0) is 14.8. The Labute approximate surface area is 119 Å². The Hall–Kier alpha value is -1.79. The summed E-state index contributed by atoms with van der Waals surface area (Å²) in [5, 5.41) is 7.83. The van der Waals surface area contributed by atoms with Crippen LogP contribution in [-0.4, -0.2) is 18.6 Å². The molecule has 1 aromatic heterocycles. The number of hydrogen-bond acceptors (Lipinski definition) is 4. The van der Waals surface area contributed by atoms with Crippen LogP contribution >= 0.6 is 0 Å². The van der Waals surface area contributed by atoms with Crippen LogP contribution in [0.5, 0.6) is 0 Å². The number of aromatic nitrogens is 2. The molecule has 0 atom stereocenters. The first kappa shape index (κ1) is 14.6. The van der Waals surface area contributed by atoms with Gasteiger partial charge in [0.15, 0.2) is 0 Å². The van der Waals surface area contributed by atoms with Crippen molar-refractivity contribution in [3.05, 3.63) is 52.8 Å². The van der Waals surface area contributed by atoms with Crippen LogP contribution in [-0.2, 0) is 16.6 Å². The molecule has 2 aromatic rings. The predicted molar refractivity (Wildman–Crippen MR) is 76.7 cm³/mol. The van der Waals surface area contributed by atoms with Gasteiger partial charge in [-0.05, 0) is 44.5 Å². The van der Waals surface area contributed by atoms with Gasteiger partial charge in [0.05, 0.1) is 22.8 Å². The molecule has 0 bridgehead atoms. The first-order valence-corrected chi connectivity index (χ1v) is 7.73. The molecule has 6 heteroatoms. The van der Waals surface area contributed by atoms with Crippen LogP contribution in [0.3, 0.4) is 0 Å². The first-order valence-electron chi connectivity index (χ1n) is 6.24. The Balaban J connectivity index is 2.17. The molecule has 0 radical (unpaired) electrons. The van der Waals surface area contributed by atoms with E-state index in [0.29, 0.717) is 10.6 Å². The summed E-state index contributed by atoms with van der Waals surface area (Å²) in [6.45, 7) is 5.67. The largest absolute Gasteiger partial charge is 0.241 e. The third kappa shape index (κ3) is 3.40. The molecule has 1 heterocycles. The third-order valence-corrected chi connectivity index (χ3v) is 4.48. The standard InChI is InChI=1S/C14H17N3O2S/c1-10-4-7-14(11(2)8-10)20(18,19)15-9-13-6-5-12(3)16-17-13/h4-8,15H,9H2,1-3H3. The summed E-state index contributed by atoms with van der Waals surface area (Å²) in [5.74, 6) is 0. The van der Waals surface area contributed by atoms with Crippen molar-refractivity contribution in [2.75, 3.05) is 0 Å². The van der Waals surface area contributed by atoms with Gasteiger partial charge in [0.2, 0.25) is 10.0 Å². The van der Waals surface area contributed by atoms with E-state index >= 15 is 0 Å². The molecule has 0 saturated carbocycles. The number of hydrogen-bond donors (Lipinski definition) is 1. The maximum absolute atomic E-state index is 12.2. The molecule has 1 N–H and O–H groups in total. The van der Waals surface area contributed by atoms with Gasteiger partial charge in [-0.1, -0.05) is 17.7 Å². The lowest BCUT2D eigenvalue weighted by atomic mass is 10.2. The molecular weight excluding hydrogens is 274 g/mol. The normalized spacial score (nSPS) is 11.6. The van der Waals surface area contributed by atoms with Gasteiger partial charge in [0.25, 0.3) is 0 Å². The van der Waals surface area contributed by atoms with E-state index in [2.05, 4.69) is 14.9 Å². The summed E-state index contributed by atoms with van der Waals surface area (Å²) < 4.78 is 27.0. The van der Waals surface area contributed by atoms with Crippen LogP contribution in [0.15, 0.2) is 35.2 Å². The lowest BCUT2D eigenvalue weighted by molar-refractivity contribution is 0.579. The van der Waals surface area contributed by atoms with Crippen molar-refractivity contribution in [1.29, 1.82) is 0 Å². The Morgan fingerprint density at radius 1 is 1.05 bits per heavy atom. The van der Waals surface area contributed by atoms with E-state index in [1.54, 1.807) is 31.2 Å². The number of nitrogens with zero attached hydrogens (tertiary/aromatic N) is 2. The van der Waals surface area contributed by atoms with E-state index in [4.69, 9.17) is 0 Å². The summed E-state index contributed by atoms with van der Waals surface area (Å²) >= 11 is 0. The van der Waals surface area contributed by atoms with Crippen molar-refractivity contribution in [3.63, 3.8) is 0 Å². The molecule has 0 aliphatic heterocycles. The maximum Gasteiger partial charge on any atom is 0.241 e. The van der Waals surface area contributed by atoms with Gasteiger partial charge in [-0.15, -0.1) is 0 Å². The molecule has 0 aliphatic rings. The highest BCUT2D eigenvalue weighted by molar-refractivity contribution is 7.89. The highest BCUT2D eigenvalue weighted by Crippen LogP contribution is 2.16. The summed E-state index contributed by atoms with van der Waals surface area (Å²) in [7, 11) is -3.53. The van der Waals surface area contributed by atoms with Crippen molar-refractivity contribution in [2.45, 2.75) is 32.2 Å². The van der Waals surface area contributed by atoms with Crippen molar-refractivity contribution in [1.82, 2.24) is 14.9 Å². The molecule has 5 nitrogen and oxygen atoms in total. The fourth-order valence-corrected chi connectivity index (χ4v) is 3.09. The maximum atomic E-state index is 12.2. The first-order chi connectivity index (χ1) is 9.38. The molecule has 20 heavy (non-hydrogen) atoms. The van der Waals surface area contributed by atoms with Gasteiger partial charge < -0.3 is 0 Å². The lowest BCUT2D eigenvalue weighted by Gasteiger charge is -2.09. The van der Waals surface area contributed by atoms with Crippen molar-refractivity contribution < 1.29 is 8.42 Å². The van der Waals surface area contributed by atoms with E-state index in [1.807, 2.05) is 19.9 Å². The average molecular weight is 291 g/mol. The van der Waals surface area contributed by atoms with Crippen LogP contribution in [0.2, 0.25) is 0 Å². The summed E-state index contributed by atoms with van der Waals surface area (Å²) in [6, 6.07) is 8.81. The van der Waals surface area contributed by atoms with Gasteiger partial charge in [-0.2, -0.15) is 10.2 Å². The predicted octanol–water partition coefficient (Wildman–Crippen LogP) is 1.88. The van der Waals surface area contributed by atoms with Crippen LogP contribution in [0, 0.1) is 20.8 Å². The quantitative estimate of drug-likeness (QED) is 0.933. The Morgan fingerprint density at radius 3 is 2.40 bits per heavy atom. The molecule has 106 valence electrons. The minimum atomic E-state index is -3.53. The SMILES string of the molecule is Cc1ccc(S(=O)(=O)NCc2ccc(C)nn2)c(C)c1. The average Bonchev–Trinajstić information content (AvgIpc) is 2.37. The topological polar surface area (TPSA) is 72.0 Å². The van der Waals surface area contributed by atoms with E-state index in [1.165, 1.54) is 0 Å². The zero-order valence-electron chi connectivity index (χ0n) is 11.7. The minimum Gasteiger partial charge on any atom is -0.207 e. The molecule has 0 unspecified atom stereocenters. The van der Waals surface area contributed by atoms with Crippen LogP contribution in [0.4, 0.5) is 0 Å². The van der Waals surface area contributed by atoms with E-state index in [0.717, 1.165) is 16.8 Å². The van der Waals surface area contributed by atoms with E-state index < -0.39 is 10.0 Å². The third-order valence-electron chi connectivity index (χ3n) is 2.92. The second-order valence-electron chi connectivity index (χ2n) is 4.76. The molecule has 1 aromatic carbocycles. The summed E-state index contributed by atoms with van der Waals surface area (Å²) in [5.41, 5.74) is 3.15. The number of sulfonamides is 1. The van der Waals surface area contributed by atoms with E-state index in [-0.39, 0.29) is 6.54 Å². The van der Waals surface area contributed by atoms with Crippen molar-refractivity contribution in [2.24, 2.45) is 0 Å². The molecule has 0 fully saturated rings. The van der Waals surface area contributed by atoms with Gasteiger partial charge in [0, 0.05) is 0 Å². The molecular formula is C14H17N3O2S. The molecule has 0 amide bonds. The Bertz CT molecular complexity index is 710. The highest BCUT2D eigenvalue weighted by Gasteiger charge is 2.16. The summed E-state index contributed by atoms with van der Waals surface area (Å²) in [6.07, 6.45) is 0. The van der Waals surface area contributed by atoms with Crippen molar-refractivity contribution >= 4 is 10.0 Å². The van der Waals surface area contributed by atoms with Crippen LogP contribution in [0.1, 0.15) is 22.5 Å². The minimum absolute atomic E-state index is 0.128. The monoisotopic (exact) mass is 291 g/mol. The second-order valence-corrected chi connectivity index (χ2v) is 6.49. The smallest absolute Gasteiger partial charge is 0.207 e. The van der Waals surface area contributed by atoms with Gasteiger partial charge in [0.1, 0.15) is 0 Å². The Kier molecular flexibility index (Phi) is 4.15. The number of rotatable bonds is 4. The molecule has 0 spiro atoms. The number of aryl methyl sites for hydroxylation is 3. The zero-order valence-corrected chi connectivity index (χ0v) is 12.5. The lowest BCUT2D eigenvalue weighted by Crippen LogP contribution is -2.24. The second kappa shape index (κ2) is 5.68.